The van der Waals surface area contributed by atoms with Gasteiger partial charge in [-0.05, 0) is 36.2 Å². The molecule has 0 atom stereocenters. The van der Waals surface area contributed by atoms with Crippen LogP contribution in [0.5, 0.6) is 23.0 Å². The molecular formula is C23H21N3O5S. The lowest BCUT2D eigenvalue weighted by Crippen LogP contribution is -2.27. The van der Waals surface area contributed by atoms with Gasteiger partial charge in [-0.2, -0.15) is 5.26 Å². The summed E-state index contributed by atoms with van der Waals surface area (Å²) in [6.07, 6.45) is 0.654. The van der Waals surface area contributed by atoms with Crippen LogP contribution in [0, 0.1) is 11.3 Å². The Balaban J connectivity index is 1.35. The number of hydrogen-bond donors (Lipinski definition) is 1. The predicted octanol–water partition coefficient (Wildman–Crippen LogP) is 3.30. The van der Waals surface area contributed by atoms with E-state index < -0.39 is 0 Å². The van der Waals surface area contributed by atoms with Crippen molar-refractivity contribution in [1.82, 2.24) is 10.3 Å². The summed E-state index contributed by atoms with van der Waals surface area (Å²) in [5.41, 5.74) is 2.13. The zero-order chi connectivity index (χ0) is 22.5. The lowest BCUT2D eigenvalue weighted by atomic mass is 10.1. The molecule has 0 saturated heterocycles. The van der Waals surface area contributed by atoms with Crippen molar-refractivity contribution in [3.05, 3.63) is 47.5 Å². The third kappa shape index (κ3) is 4.65. The molecule has 0 spiro atoms. The van der Waals surface area contributed by atoms with Gasteiger partial charge in [0, 0.05) is 18.0 Å². The highest BCUT2D eigenvalue weighted by atomic mass is 32.2. The monoisotopic (exact) mass is 451 g/mol. The third-order valence-electron chi connectivity index (χ3n) is 4.92. The van der Waals surface area contributed by atoms with Crippen LogP contribution in [0.1, 0.15) is 11.1 Å². The first-order valence-electron chi connectivity index (χ1n) is 9.86. The topological polar surface area (TPSA) is 103 Å². The summed E-state index contributed by atoms with van der Waals surface area (Å²) in [6.45, 7) is 0.649. The molecule has 1 aromatic heterocycles. The van der Waals surface area contributed by atoms with Crippen LogP contribution < -0.4 is 24.3 Å². The van der Waals surface area contributed by atoms with Gasteiger partial charge in [-0.15, -0.1) is 0 Å². The number of carbonyl (C=O) groups excluding carboxylic acids is 1. The van der Waals surface area contributed by atoms with Crippen molar-refractivity contribution < 1.29 is 23.7 Å². The number of pyridine rings is 1. The summed E-state index contributed by atoms with van der Waals surface area (Å²) >= 11 is 1.23. The van der Waals surface area contributed by atoms with Crippen molar-refractivity contribution in [1.29, 1.82) is 5.26 Å². The van der Waals surface area contributed by atoms with Gasteiger partial charge in [0.25, 0.3) is 0 Å². The van der Waals surface area contributed by atoms with E-state index in [0.29, 0.717) is 52.1 Å². The Kier molecular flexibility index (Phi) is 6.52. The first-order chi connectivity index (χ1) is 15.6. The van der Waals surface area contributed by atoms with Gasteiger partial charge in [0.2, 0.25) is 12.7 Å². The summed E-state index contributed by atoms with van der Waals surface area (Å²) in [5, 5.41) is 13.7. The van der Waals surface area contributed by atoms with E-state index in [9.17, 15) is 10.1 Å². The molecule has 9 heteroatoms. The average Bonchev–Trinajstić information content (AvgIpc) is 3.27. The minimum absolute atomic E-state index is 0.132. The van der Waals surface area contributed by atoms with E-state index in [-0.39, 0.29) is 18.5 Å². The van der Waals surface area contributed by atoms with E-state index in [2.05, 4.69) is 16.4 Å². The molecule has 0 aliphatic carbocycles. The molecule has 4 rings (SSSR count). The van der Waals surface area contributed by atoms with Gasteiger partial charge in [0.15, 0.2) is 23.0 Å². The number of benzene rings is 2. The summed E-state index contributed by atoms with van der Waals surface area (Å²) in [4.78, 5) is 16.9. The Morgan fingerprint density at radius 1 is 1.16 bits per heavy atom. The fraction of sp³-hybridized carbons (Fsp3) is 0.261. The highest BCUT2D eigenvalue weighted by Gasteiger charge is 2.17. The largest absolute Gasteiger partial charge is 0.493 e. The molecule has 1 amide bonds. The number of carbonyl (C=O) groups is 1. The van der Waals surface area contributed by atoms with Crippen molar-refractivity contribution in [3.63, 3.8) is 0 Å². The number of rotatable bonds is 8. The molecule has 0 saturated carbocycles. The second kappa shape index (κ2) is 9.66. The van der Waals surface area contributed by atoms with Gasteiger partial charge in [-0.25, -0.2) is 4.98 Å². The predicted molar refractivity (Wildman–Crippen MR) is 120 cm³/mol. The van der Waals surface area contributed by atoms with E-state index in [1.807, 2.05) is 18.2 Å². The van der Waals surface area contributed by atoms with Gasteiger partial charge < -0.3 is 24.3 Å². The zero-order valence-corrected chi connectivity index (χ0v) is 18.5. The number of thioether (sulfide) groups is 1. The minimum Gasteiger partial charge on any atom is -0.493 e. The Morgan fingerprint density at radius 3 is 2.69 bits per heavy atom. The van der Waals surface area contributed by atoms with Gasteiger partial charge >= 0.3 is 0 Å². The number of nitrogens with zero attached hydrogens (tertiary/aromatic N) is 2. The molecule has 32 heavy (non-hydrogen) atoms. The fourth-order valence-electron chi connectivity index (χ4n) is 3.30. The smallest absolute Gasteiger partial charge is 0.231 e. The van der Waals surface area contributed by atoms with Crippen molar-refractivity contribution in [2.45, 2.75) is 11.4 Å². The molecule has 0 bridgehead atoms. The van der Waals surface area contributed by atoms with Crippen LogP contribution in [0.4, 0.5) is 0 Å². The van der Waals surface area contributed by atoms with E-state index in [4.69, 9.17) is 18.9 Å². The lowest BCUT2D eigenvalue weighted by Gasteiger charge is -2.10. The molecule has 1 aliphatic heterocycles. The van der Waals surface area contributed by atoms with Gasteiger partial charge in [-0.1, -0.05) is 17.8 Å². The van der Waals surface area contributed by atoms with Crippen LogP contribution in [0.25, 0.3) is 10.9 Å². The summed E-state index contributed by atoms with van der Waals surface area (Å²) in [6, 6.07) is 13.2. The number of amides is 1. The normalized spacial score (nSPS) is 11.8. The van der Waals surface area contributed by atoms with E-state index >= 15 is 0 Å². The van der Waals surface area contributed by atoms with Crippen molar-refractivity contribution in [2.75, 3.05) is 33.3 Å². The molecule has 8 nitrogen and oxygen atoms in total. The molecule has 1 aliphatic rings. The fourth-order valence-corrected chi connectivity index (χ4v) is 4.10. The molecule has 0 unspecified atom stereocenters. The molecule has 0 fully saturated rings. The number of nitrogens with one attached hydrogen (secondary N) is 1. The molecular weight excluding hydrogens is 430 g/mol. The first-order valence-corrected chi connectivity index (χ1v) is 10.8. The van der Waals surface area contributed by atoms with Crippen LogP contribution in [0.2, 0.25) is 0 Å². The van der Waals surface area contributed by atoms with E-state index in [1.165, 1.54) is 11.8 Å². The maximum Gasteiger partial charge on any atom is 0.231 e. The third-order valence-corrected chi connectivity index (χ3v) is 5.91. The number of nitriles is 1. The molecule has 2 heterocycles. The minimum atomic E-state index is -0.132. The summed E-state index contributed by atoms with van der Waals surface area (Å²) in [7, 11) is 3.18. The highest BCUT2D eigenvalue weighted by molar-refractivity contribution is 8.00. The maximum atomic E-state index is 12.3. The molecule has 2 aromatic carbocycles. The molecule has 1 N–H and O–H groups in total. The number of aromatic nitrogens is 1. The number of hydrogen-bond acceptors (Lipinski definition) is 8. The quantitative estimate of drug-likeness (QED) is 0.521. The Bertz CT molecular complexity index is 1210. The summed E-state index contributed by atoms with van der Waals surface area (Å²) < 4.78 is 21.3. The van der Waals surface area contributed by atoms with E-state index in [0.717, 1.165) is 10.9 Å². The van der Waals surface area contributed by atoms with Crippen molar-refractivity contribution >= 4 is 28.6 Å². The summed E-state index contributed by atoms with van der Waals surface area (Å²) in [5.74, 6) is 2.60. The van der Waals surface area contributed by atoms with Crippen LogP contribution in [0.15, 0.2) is 41.4 Å². The highest BCUT2D eigenvalue weighted by Crippen LogP contribution is 2.37. The lowest BCUT2D eigenvalue weighted by molar-refractivity contribution is -0.118. The second-order valence-corrected chi connectivity index (χ2v) is 7.89. The number of fused-ring (bicyclic) bond motifs is 2. The van der Waals surface area contributed by atoms with Crippen molar-refractivity contribution in [3.8, 4) is 29.1 Å². The number of methoxy groups -OCH3 is 2. The Labute approximate surface area is 189 Å². The van der Waals surface area contributed by atoms with Gasteiger partial charge in [0.05, 0.1) is 31.1 Å². The molecule has 164 valence electrons. The van der Waals surface area contributed by atoms with Crippen molar-refractivity contribution in [2.24, 2.45) is 0 Å². The van der Waals surface area contributed by atoms with Crippen LogP contribution in [0.3, 0.4) is 0 Å². The second-order valence-electron chi connectivity index (χ2n) is 6.93. The standard InChI is InChI=1S/C23H21N3O5S/c1-28-18-4-3-14(7-19(18)29-2)5-6-25-22(27)12-32-23-16(11-24)8-15-9-20-21(31-13-30-20)10-17(15)26-23/h3-4,7-10H,5-6,12-13H2,1-2H3,(H,25,27). The van der Waals surface area contributed by atoms with Gasteiger partial charge in [-0.3, -0.25) is 4.79 Å². The first kappa shape index (κ1) is 21.6. The van der Waals surface area contributed by atoms with E-state index in [1.54, 1.807) is 32.4 Å². The van der Waals surface area contributed by atoms with Crippen LogP contribution in [-0.2, 0) is 11.2 Å². The van der Waals surface area contributed by atoms with Crippen LogP contribution >= 0.6 is 11.8 Å². The Morgan fingerprint density at radius 2 is 1.94 bits per heavy atom. The SMILES string of the molecule is COc1ccc(CCNC(=O)CSc2nc3cc4c(cc3cc2C#N)OCO4)cc1OC. The Hall–Kier alpha value is -3.64. The molecule has 3 aromatic rings. The molecule has 0 radical (unpaired) electrons. The zero-order valence-electron chi connectivity index (χ0n) is 17.6. The van der Waals surface area contributed by atoms with Gasteiger partial charge in [0.1, 0.15) is 11.1 Å². The number of ether oxygens (including phenoxy) is 4. The average molecular weight is 452 g/mol. The van der Waals surface area contributed by atoms with Crippen LogP contribution in [-0.4, -0.2) is 44.2 Å². The maximum absolute atomic E-state index is 12.3.